The maximum atomic E-state index is 5.39. The smallest absolute Gasteiger partial charge is 0.0642 e. The van der Waals surface area contributed by atoms with Crippen molar-refractivity contribution in [3.05, 3.63) is 59.7 Å². The van der Waals surface area contributed by atoms with Crippen molar-refractivity contribution in [2.45, 2.75) is 19.8 Å². The summed E-state index contributed by atoms with van der Waals surface area (Å²) in [6.07, 6.45) is 1.92. The number of hydrogen-bond donors (Lipinski definition) is 0. The van der Waals surface area contributed by atoms with Crippen molar-refractivity contribution < 1.29 is 4.74 Å². The first-order valence-electron chi connectivity index (χ1n) is 8.29. The van der Waals surface area contributed by atoms with E-state index in [1.807, 2.05) is 6.21 Å². The molecule has 0 aliphatic carbocycles. The van der Waals surface area contributed by atoms with E-state index in [2.05, 4.69) is 72.3 Å². The van der Waals surface area contributed by atoms with Gasteiger partial charge < -0.3 is 9.64 Å². The number of rotatable bonds is 4. The average Bonchev–Trinajstić information content (AvgIpc) is 2.61. The number of anilines is 1. The topological polar surface area (TPSA) is 24.8 Å². The lowest BCUT2D eigenvalue weighted by atomic mass is 10.0. The highest BCUT2D eigenvalue weighted by Gasteiger charge is 2.10. The molecule has 3 rings (SSSR count). The zero-order chi connectivity index (χ0) is 16.1. The summed E-state index contributed by atoms with van der Waals surface area (Å²) in [5.74, 6) is 0.564. The molecule has 1 aliphatic heterocycles. The van der Waals surface area contributed by atoms with Gasteiger partial charge in [-0.05, 0) is 41.3 Å². The Labute approximate surface area is 138 Å². The molecule has 2 aromatic rings. The molecular weight excluding hydrogens is 284 g/mol. The van der Waals surface area contributed by atoms with Crippen LogP contribution >= 0.6 is 0 Å². The quantitative estimate of drug-likeness (QED) is 0.782. The van der Waals surface area contributed by atoms with Crippen molar-refractivity contribution in [1.29, 1.82) is 0 Å². The van der Waals surface area contributed by atoms with Gasteiger partial charge in [-0.2, -0.15) is 0 Å². The van der Waals surface area contributed by atoms with Gasteiger partial charge in [0.2, 0.25) is 0 Å². The maximum absolute atomic E-state index is 5.39. The summed E-state index contributed by atoms with van der Waals surface area (Å²) in [4.78, 5) is 6.92. The second-order valence-electron chi connectivity index (χ2n) is 6.20. The van der Waals surface area contributed by atoms with Crippen molar-refractivity contribution in [2.75, 3.05) is 31.2 Å². The Hall–Kier alpha value is -2.13. The Bertz CT molecular complexity index is 638. The zero-order valence-corrected chi connectivity index (χ0v) is 13.9. The summed E-state index contributed by atoms with van der Waals surface area (Å²) in [5, 5.41) is 0. The molecule has 1 aliphatic rings. The first-order valence-corrected chi connectivity index (χ1v) is 8.29. The fourth-order valence-electron chi connectivity index (χ4n) is 2.69. The van der Waals surface area contributed by atoms with Crippen LogP contribution in [0.5, 0.6) is 0 Å². The summed E-state index contributed by atoms with van der Waals surface area (Å²) in [6, 6.07) is 17.0. The van der Waals surface area contributed by atoms with E-state index in [-0.39, 0.29) is 0 Å². The van der Waals surface area contributed by atoms with Gasteiger partial charge in [-0.1, -0.05) is 38.1 Å². The van der Waals surface area contributed by atoms with E-state index in [1.54, 1.807) is 0 Å². The zero-order valence-electron chi connectivity index (χ0n) is 13.9. The highest BCUT2D eigenvalue weighted by Crippen LogP contribution is 2.21. The monoisotopic (exact) mass is 308 g/mol. The van der Waals surface area contributed by atoms with Crippen molar-refractivity contribution in [3.8, 4) is 0 Å². The Morgan fingerprint density at radius 2 is 1.61 bits per heavy atom. The molecule has 23 heavy (non-hydrogen) atoms. The van der Waals surface area contributed by atoms with Gasteiger partial charge in [0.05, 0.1) is 18.9 Å². The first kappa shape index (κ1) is 15.8. The van der Waals surface area contributed by atoms with Crippen molar-refractivity contribution in [1.82, 2.24) is 0 Å². The van der Waals surface area contributed by atoms with Crippen LogP contribution in [-0.4, -0.2) is 32.5 Å². The van der Waals surface area contributed by atoms with Crippen molar-refractivity contribution in [3.63, 3.8) is 0 Å². The lowest BCUT2D eigenvalue weighted by Crippen LogP contribution is -2.36. The first-order chi connectivity index (χ1) is 11.2. The molecule has 2 aromatic carbocycles. The molecule has 0 amide bonds. The van der Waals surface area contributed by atoms with E-state index in [0.717, 1.165) is 37.6 Å². The average molecular weight is 308 g/mol. The van der Waals surface area contributed by atoms with Crippen LogP contribution < -0.4 is 4.90 Å². The van der Waals surface area contributed by atoms with Crippen molar-refractivity contribution >= 4 is 17.6 Å². The predicted octanol–water partition coefficient (Wildman–Crippen LogP) is 4.40. The van der Waals surface area contributed by atoms with Gasteiger partial charge in [0, 0.05) is 25.0 Å². The SMILES string of the molecule is CC(C)c1ccc(C=Nc2ccc(N3CCOCC3)cc2)cc1. The van der Waals surface area contributed by atoms with Gasteiger partial charge in [0.15, 0.2) is 0 Å². The molecule has 0 aromatic heterocycles. The number of hydrogen-bond acceptors (Lipinski definition) is 3. The molecular formula is C20H24N2O. The summed E-state index contributed by atoms with van der Waals surface area (Å²) < 4.78 is 5.39. The number of nitrogens with zero attached hydrogens (tertiary/aromatic N) is 2. The van der Waals surface area contributed by atoms with Crippen LogP contribution in [0.2, 0.25) is 0 Å². The summed E-state index contributed by atoms with van der Waals surface area (Å²) in [5.41, 5.74) is 4.71. The van der Waals surface area contributed by atoms with Crippen LogP contribution in [0, 0.1) is 0 Å². The molecule has 0 bridgehead atoms. The highest BCUT2D eigenvalue weighted by atomic mass is 16.5. The molecule has 3 nitrogen and oxygen atoms in total. The summed E-state index contributed by atoms with van der Waals surface area (Å²) in [7, 11) is 0. The van der Waals surface area contributed by atoms with Gasteiger partial charge in [0.1, 0.15) is 0 Å². The third-order valence-corrected chi connectivity index (χ3v) is 4.19. The molecule has 0 saturated carbocycles. The molecule has 0 atom stereocenters. The Morgan fingerprint density at radius 1 is 0.957 bits per heavy atom. The molecule has 3 heteroatoms. The molecule has 0 N–H and O–H groups in total. The second kappa shape index (κ2) is 7.42. The van der Waals surface area contributed by atoms with E-state index in [9.17, 15) is 0 Å². The fourth-order valence-corrected chi connectivity index (χ4v) is 2.69. The van der Waals surface area contributed by atoms with E-state index < -0.39 is 0 Å². The lowest BCUT2D eigenvalue weighted by molar-refractivity contribution is 0.122. The minimum Gasteiger partial charge on any atom is -0.378 e. The molecule has 0 radical (unpaired) electrons. The fraction of sp³-hybridized carbons (Fsp3) is 0.350. The molecule has 0 unspecified atom stereocenters. The van der Waals surface area contributed by atoms with Gasteiger partial charge in [-0.3, -0.25) is 4.99 Å². The number of aliphatic imine (C=N–C) groups is 1. The van der Waals surface area contributed by atoms with Crippen LogP contribution in [-0.2, 0) is 4.74 Å². The Balaban J connectivity index is 1.65. The lowest BCUT2D eigenvalue weighted by Gasteiger charge is -2.28. The Morgan fingerprint density at radius 3 is 2.22 bits per heavy atom. The van der Waals surface area contributed by atoms with Gasteiger partial charge in [0.25, 0.3) is 0 Å². The van der Waals surface area contributed by atoms with E-state index in [4.69, 9.17) is 4.74 Å². The van der Waals surface area contributed by atoms with Gasteiger partial charge in [-0.15, -0.1) is 0 Å². The van der Waals surface area contributed by atoms with E-state index in [1.165, 1.54) is 11.3 Å². The van der Waals surface area contributed by atoms with Crippen LogP contribution in [0.25, 0.3) is 0 Å². The maximum Gasteiger partial charge on any atom is 0.0642 e. The van der Waals surface area contributed by atoms with E-state index in [0.29, 0.717) is 5.92 Å². The Kier molecular flexibility index (Phi) is 5.09. The van der Waals surface area contributed by atoms with E-state index >= 15 is 0 Å². The molecule has 1 fully saturated rings. The molecule has 1 saturated heterocycles. The third-order valence-electron chi connectivity index (χ3n) is 4.19. The summed E-state index contributed by atoms with van der Waals surface area (Å²) >= 11 is 0. The molecule has 0 spiro atoms. The van der Waals surface area contributed by atoms with Crippen LogP contribution in [0.1, 0.15) is 30.9 Å². The largest absolute Gasteiger partial charge is 0.378 e. The van der Waals surface area contributed by atoms with Gasteiger partial charge >= 0.3 is 0 Å². The summed E-state index contributed by atoms with van der Waals surface area (Å²) in [6.45, 7) is 7.96. The van der Waals surface area contributed by atoms with Gasteiger partial charge in [-0.25, -0.2) is 0 Å². The van der Waals surface area contributed by atoms with Crippen LogP contribution in [0.15, 0.2) is 53.5 Å². The van der Waals surface area contributed by atoms with Crippen LogP contribution in [0.3, 0.4) is 0 Å². The minimum atomic E-state index is 0.564. The molecule has 1 heterocycles. The highest BCUT2D eigenvalue weighted by molar-refractivity contribution is 5.82. The third kappa shape index (κ3) is 4.20. The number of benzene rings is 2. The van der Waals surface area contributed by atoms with Crippen LogP contribution in [0.4, 0.5) is 11.4 Å². The number of ether oxygens (including phenoxy) is 1. The minimum absolute atomic E-state index is 0.564. The second-order valence-corrected chi connectivity index (χ2v) is 6.20. The normalized spacial score (nSPS) is 15.5. The standard InChI is InChI=1S/C20H24N2O/c1-16(2)18-5-3-17(4-6-18)15-21-19-7-9-20(10-8-19)22-11-13-23-14-12-22/h3-10,15-16H,11-14H2,1-2H3. The number of morpholine rings is 1. The van der Waals surface area contributed by atoms with Crippen molar-refractivity contribution in [2.24, 2.45) is 4.99 Å². The predicted molar refractivity (Wildman–Crippen MR) is 97.3 cm³/mol. The molecule has 120 valence electrons.